The van der Waals surface area contributed by atoms with Gasteiger partial charge in [-0.15, -0.1) is 24.0 Å². The van der Waals surface area contributed by atoms with Gasteiger partial charge in [0.1, 0.15) is 5.69 Å². The van der Waals surface area contributed by atoms with Crippen molar-refractivity contribution in [3.05, 3.63) is 18.0 Å². The summed E-state index contributed by atoms with van der Waals surface area (Å²) in [5.74, 6) is 1.20. The number of hydrogen-bond acceptors (Lipinski definition) is 4. The van der Waals surface area contributed by atoms with Crippen molar-refractivity contribution in [2.45, 2.75) is 26.4 Å². The van der Waals surface area contributed by atoms with Gasteiger partial charge in [0.2, 0.25) is 5.95 Å². The van der Waals surface area contributed by atoms with Gasteiger partial charge in [0.05, 0.1) is 0 Å². The lowest BCUT2D eigenvalue weighted by molar-refractivity contribution is -0.141. The largest absolute Gasteiger partial charge is 0.433 e. The molecular formula is C14H24F3IN6. The van der Waals surface area contributed by atoms with Crippen LogP contribution in [-0.4, -0.2) is 42.6 Å². The van der Waals surface area contributed by atoms with Crippen molar-refractivity contribution in [1.29, 1.82) is 0 Å². The molecule has 1 aromatic rings. The van der Waals surface area contributed by atoms with E-state index in [-0.39, 0.29) is 29.9 Å². The van der Waals surface area contributed by atoms with Gasteiger partial charge in [0.25, 0.3) is 0 Å². The highest BCUT2D eigenvalue weighted by Gasteiger charge is 2.32. The van der Waals surface area contributed by atoms with Gasteiger partial charge in [-0.25, -0.2) is 9.97 Å². The highest BCUT2D eigenvalue weighted by atomic mass is 127. The average molecular weight is 460 g/mol. The van der Waals surface area contributed by atoms with Crippen molar-refractivity contribution in [1.82, 2.24) is 20.6 Å². The summed E-state index contributed by atoms with van der Waals surface area (Å²) in [7, 11) is 1.66. The Morgan fingerprint density at radius 2 is 1.88 bits per heavy atom. The zero-order valence-corrected chi connectivity index (χ0v) is 16.3. The molecule has 1 aromatic heterocycles. The number of aliphatic imine (C=N–C) groups is 1. The van der Waals surface area contributed by atoms with E-state index in [1.807, 2.05) is 0 Å². The van der Waals surface area contributed by atoms with Crippen LogP contribution in [0.1, 0.15) is 26.0 Å². The third-order valence-corrected chi connectivity index (χ3v) is 2.88. The Balaban J connectivity index is 0.00000529. The molecule has 0 spiro atoms. The topological polar surface area (TPSA) is 74.2 Å². The quantitative estimate of drug-likeness (QED) is 0.253. The van der Waals surface area contributed by atoms with Gasteiger partial charge >= 0.3 is 6.18 Å². The zero-order valence-electron chi connectivity index (χ0n) is 13.9. The molecule has 0 aliphatic heterocycles. The maximum absolute atomic E-state index is 12.5. The van der Waals surface area contributed by atoms with Crippen molar-refractivity contribution in [2.75, 3.05) is 32.0 Å². The van der Waals surface area contributed by atoms with Crippen molar-refractivity contribution < 1.29 is 13.2 Å². The molecule has 0 aromatic carbocycles. The Morgan fingerprint density at radius 3 is 2.46 bits per heavy atom. The van der Waals surface area contributed by atoms with E-state index in [4.69, 9.17) is 0 Å². The molecule has 0 aliphatic rings. The van der Waals surface area contributed by atoms with Crippen LogP contribution in [0.25, 0.3) is 0 Å². The van der Waals surface area contributed by atoms with E-state index in [9.17, 15) is 13.2 Å². The summed E-state index contributed by atoms with van der Waals surface area (Å²) in [5, 5.41) is 8.96. The first-order valence-corrected chi connectivity index (χ1v) is 7.41. The Kier molecular flexibility index (Phi) is 10.6. The molecule has 0 radical (unpaired) electrons. The average Bonchev–Trinajstić information content (AvgIpc) is 2.48. The monoisotopic (exact) mass is 460 g/mol. The molecule has 0 saturated carbocycles. The van der Waals surface area contributed by atoms with Crippen LogP contribution in [0, 0.1) is 5.92 Å². The fourth-order valence-corrected chi connectivity index (χ4v) is 1.66. The fourth-order valence-electron chi connectivity index (χ4n) is 1.66. The molecule has 138 valence electrons. The first-order valence-electron chi connectivity index (χ1n) is 7.41. The highest BCUT2D eigenvalue weighted by molar-refractivity contribution is 14.0. The molecule has 0 saturated heterocycles. The van der Waals surface area contributed by atoms with Crippen molar-refractivity contribution >= 4 is 35.9 Å². The lowest BCUT2D eigenvalue weighted by atomic mass is 10.1. The van der Waals surface area contributed by atoms with E-state index in [1.54, 1.807) is 7.05 Å². The van der Waals surface area contributed by atoms with E-state index in [0.717, 1.165) is 25.2 Å². The smallest absolute Gasteiger partial charge is 0.356 e. The van der Waals surface area contributed by atoms with Crippen LogP contribution >= 0.6 is 24.0 Å². The Bertz CT molecular complexity index is 508. The van der Waals surface area contributed by atoms with Gasteiger partial charge < -0.3 is 16.0 Å². The zero-order chi connectivity index (χ0) is 17.3. The molecule has 0 unspecified atom stereocenters. The van der Waals surface area contributed by atoms with Crippen LogP contribution in [0.15, 0.2) is 17.3 Å². The predicted octanol–water partition coefficient (Wildman–Crippen LogP) is 2.74. The predicted molar refractivity (Wildman–Crippen MR) is 99.8 cm³/mol. The van der Waals surface area contributed by atoms with Gasteiger partial charge in [-0.1, -0.05) is 13.8 Å². The maximum Gasteiger partial charge on any atom is 0.433 e. The molecule has 0 aliphatic carbocycles. The molecule has 1 rings (SSSR count). The highest BCUT2D eigenvalue weighted by Crippen LogP contribution is 2.27. The standard InChI is InChI=1S/C14H23F3N6.HI/c1-10(2)4-6-19-12(18-3)21-8-9-22-13-20-7-5-11(23-13)14(15,16)17;/h5,7,10H,4,6,8-9H2,1-3H3,(H2,18,19,21)(H,20,22,23);1H. The fraction of sp³-hybridized carbons (Fsp3) is 0.643. The van der Waals surface area contributed by atoms with Crippen LogP contribution in [0.2, 0.25) is 0 Å². The van der Waals surface area contributed by atoms with E-state index >= 15 is 0 Å². The van der Waals surface area contributed by atoms with Crippen LogP contribution in [-0.2, 0) is 6.18 Å². The maximum atomic E-state index is 12.5. The number of alkyl halides is 3. The van der Waals surface area contributed by atoms with Crippen molar-refractivity contribution in [3.63, 3.8) is 0 Å². The van der Waals surface area contributed by atoms with Gasteiger partial charge in [-0.3, -0.25) is 4.99 Å². The number of aromatic nitrogens is 2. The summed E-state index contributed by atoms with van der Waals surface area (Å²) < 4.78 is 37.6. The minimum atomic E-state index is -4.47. The third-order valence-electron chi connectivity index (χ3n) is 2.88. The first kappa shape index (κ1) is 22.7. The van der Waals surface area contributed by atoms with Gasteiger partial charge in [0.15, 0.2) is 5.96 Å². The molecule has 0 atom stereocenters. The first-order chi connectivity index (χ1) is 10.8. The molecule has 0 bridgehead atoms. The third kappa shape index (κ3) is 9.08. The van der Waals surface area contributed by atoms with Crippen LogP contribution in [0.4, 0.5) is 19.1 Å². The number of halogens is 4. The minimum absolute atomic E-state index is 0. The molecule has 1 heterocycles. The van der Waals surface area contributed by atoms with Crippen LogP contribution in [0.3, 0.4) is 0 Å². The summed E-state index contributed by atoms with van der Waals surface area (Å²) >= 11 is 0. The van der Waals surface area contributed by atoms with Crippen molar-refractivity contribution in [3.8, 4) is 0 Å². The molecular weight excluding hydrogens is 436 g/mol. The summed E-state index contributed by atoms with van der Waals surface area (Å²) in [6.07, 6.45) is -2.37. The molecule has 3 N–H and O–H groups in total. The molecule has 10 heteroatoms. The number of guanidine groups is 1. The van der Waals surface area contributed by atoms with E-state index in [2.05, 4.69) is 44.8 Å². The minimum Gasteiger partial charge on any atom is -0.356 e. The number of nitrogens with one attached hydrogen (secondary N) is 3. The van der Waals surface area contributed by atoms with Crippen molar-refractivity contribution in [2.24, 2.45) is 10.9 Å². The second-order valence-electron chi connectivity index (χ2n) is 5.30. The number of anilines is 1. The summed E-state index contributed by atoms with van der Waals surface area (Å²) in [4.78, 5) is 11.3. The Hall–Kier alpha value is -1.33. The van der Waals surface area contributed by atoms with E-state index in [1.165, 1.54) is 0 Å². The number of nitrogens with zero attached hydrogens (tertiary/aromatic N) is 3. The lowest BCUT2D eigenvalue weighted by Gasteiger charge is -2.13. The summed E-state index contributed by atoms with van der Waals surface area (Å²) in [6, 6.07) is 0.837. The Labute approximate surface area is 157 Å². The molecule has 0 fully saturated rings. The summed E-state index contributed by atoms with van der Waals surface area (Å²) in [5.41, 5.74) is -0.964. The second kappa shape index (κ2) is 11.3. The normalized spacial score (nSPS) is 11.9. The van der Waals surface area contributed by atoms with Crippen LogP contribution in [0.5, 0.6) is 0 Å². The van der Waals surface area contributed by atoms with Gasteiger partial charge in [-0.05, 0) is 18.4 Å². The number of rotatable bonds is 7. The summed E-state index contributed by atoms with van der Waals surface area (Å²) in [6.45, 7) is 5.92. The SMILES string of the molecule is CN=C(NCCNc1nccc(C(F)(F)F)n1)NCCC(C)C.I. The van der Waals surface area contributed by atoms with Gasteiger partial charge in [-0.2, -0.15) is 13.2 Å². The molecule has 6 nitrogen and oxygen atoms in total. The number of hydrogen-bond donors (Lipinski definition) is 3. The van der Waals surface area contributed by atoms with Gasteiger partial charge in [0, 0.05) is 32.9 Å². The molecule has 0 amide bonds. The molecule has 24 heavy (non-hydrogen) atoms. The second-order valence-corrected chi connectivity index (χ2v) is 5.30. The van der Waals surface area contributed by atoms with Crippen LogP contribution < -0.4 is 16.0 Å². The van der Waals surface area contributed by atoms with E-state index < -0.39 is 11.9 Å². The van der Waals surface area contributed by atoms with E-state index in [0.29, 0.717) is 25.0 Å². The lowest BCUT2D eigenvalue weighted by Crippen LogP contribution is -2.40. The Morgan fingerprint density at radius 1 is 1.21 bits per heavy atom.